The molecule has 0 aliphatic carbocycles. The van der Waals surface area contributed by atoms with E-state index in [1.807, 2.05) is 0 Å². The highest BCUT2D eigenvalue weighted by molar-refractivity contribution is 9.09. The van der Waals surface area contributed by atoms with Crippen molar-refractivity contribution in [3.05, 3.63) is 0 Å². The molecule has 1 rings (SSSR count). The zero-order valence-electron chi connectivity index (χ0n) is 7.66. The number of alkyl halides is 1. The average Bonchev–Trinajstić information content (AvgIpc) is 2.02. The van der Waals surface area contributed by atoms with Crippen molar-refractivity contribution in [1.29, 1.82) is 0 Å². The normalized spacial score (nSPS) is 32.3. The Bertz CT molecular complexity index is 254. The third kappa shape index (κ3) is 2.45. The van der Waals surface area contributed by atoms with Gasteiger partial charge in [-0.1, -0.05) is 15.9 Å². The van der Waals surface area contributed by atoms with Crippen LogP contribution in [0, 0.1) is 0 Å². The number of carboxylic acid groups (broad SMARTS) is 1. The Morgan fingerprint density at radius 2 is 2.29 bits per heavy atom. The van der Waals surface area contributed by atoms with E-state index < -0.39 is 17.7 Å². The van der Waals surface area contributed by atoms with Gasteiger partial charge in [-0.25, -0.2) is 4.79 Å². The SMILES string of the molecule is CC(=O)OC1(C(=O)O)CCCC(Br)O1. The average molecular weight is 267 g/mol. The number of halogens is 1. The number of carbonyl (C=O) groups is 2. The zero-order chi connectivity index (χ0) is 10.8. The summed E-state index contributed by atoms with van der Waals surface area (Å²) in [5.41, 5.74) is 0. The molecule has 6 heteroatoms. The van der Waals surface area contributed by atoms with E-state index in [0.717, 1.165) is 6.92 Å². The van der Waals surface area contributed by atoms with E-state index in [1.54, 1.807) is 0 Å². The maximum Gasteiger partial charge on any atom is 0.377 e. The quantitative estimate of drug-likeness (QED) is 0.602. The molecule has 80 valence electrons. The maximum atomic E-state index is 10.9. The van der Waals surface area contributed by atoms with Crippen LogP contribution < -0.4 is 0 Å². The van der Waals surface area contributed by atoms with Crippen LogP contribution >= 0.6 is 15.9 Å². The third-order valence-electron chi connectivity index (χ3n) is 1.89. The molecule has 1 saturated heterocycles. The highest BCUT2D eigenvalue weighted by Gasteiger charge is 2.47. The number of carbonyl (C=O) groups excluding carboxylic acids is 1. The van der Waals surface area contributed by atoms with Crippen LogP contribution in [-0.2, 0) is 19.1 Å². The molecule has 0 saturated carbocycles. The highest BCUT2D eigenvalue weighted by Crippen LogP contribution is 2.32. The topological polar surface area (TPSA) is 72.8 Å². The molecule has 0 amide bonds. The van der Waals surface area contributed by atoms with E-state index in [0.29, 0.717) is 12.8 Å². The van der Waals surface area contributed by atoms with Crippen molar-refractivity contribution in [3.8, 4) is 0 Å². The van der Waals surface area contributed by atoms with Crippen molar-refractivity contribution >= 4 is 27.9 Å². The minimum atomic E-state index is -1.81. The van der Waals surface area contributed by atoms with Gasteiger partial charge in [0.05, 0.1) is 0 Å². The van der Waals surface area contributed by atoms with Crippen LogP contribution in [0.5, 0.6) is 0 Å². The molecule has 14 heavy (non-hydrogen) atoms. The Hall–Kier alpha value is -0.620. The molecule has 5 nitrogen and oxygen atoms in total. The van der Waals surface area contributed by atoms with Crippen LogP contribution in [0.25, 0.3) is 0 Å². The van der Waals surface area contributed by atoms with Crippen LogP contribution in [-0.4, -0.2) is 27.8 Å². The van der Waals surface area contributed by atoms with Crippen LogP contribution in [0.3, 0.4) is 0 Å². The van der Waals surface area contributed by atoms with E-state index in [2.05, 4.69) is 15.9 Å². The van der Waals surface area contributed by atoms with Gasteiger partial charge in [0.15, 0.2) is 0 Å². The van der Waals surface area contributed by atoms with Gasteiger partial charge in [0.1, 0.15) is 5.01 Å². The Labute approximate surface area is 89.5 Å². The molecular formula is C8H11BrO5. The van der Waals surface area contributed by atoms with Crippen LogP contribution in [0.15, 0.2) is 0 Å². The van der Waals surface area contributed by atoms with Gasteiger partial charge in [-0.2, -0.15) is 0 Å². The van der Waals surface area contributed by atoms with Gasteiger partial charge in [-0.05, 0) is 12.8 Å². The molecule has 0 radical (unpaired) electrons. The van der Waals surface area contributed by atoms with Crippen molar-refractivity contribution in [1.82, 2.24) is 0 Å². The molecule has 2 atom stereocenters. The Kier molecular flexibility index (Phi) is 3.49. The molecule has 0 spiro atoms. The Balaban J connectivity index is 2.80. The lowest BCUT2D eigenvalue weighted by atomic mass is 10.1. The molecule has 0 aromatic carbocycles. The van der Waals surface area contributed by atoms with Crippen LogP contribution in [0.4, 0.5) is 0 Å². The highest BCUT2D eigenvalue weighted by atomic mass is 79.9. The fourth-order valence-electron chi connectivity index (χ4n) is 1.33. The Morgan fingerprint density at radius 1 is 1.64 bits per heavy atom. The number of aliphatic carboxylic acids is 1. The largest absolute Gasteiger partial charge is 0.476 e. The summed E-state index contributed by atoms with van der Waals surface area (Å²) in [6, 6.07) is 0. The minimum Gasteiger partial charge on any atom is -0.476 e. The summed E-state index contributed by atoms with van der Waals surface area (Å²) in [5, 5.41) is 8.55. The number of esters is 1. The second-order valence-electron chi connectivity index (χ2n) is 3.07. The summed E-state index contributed by atoms with van der Waals surface area (Å²) in [4.78, 5) is 21.7. The van der Waals surface area contributed by atoms with E-state index in [4.69, 9.17) is 14.6 Å². The van der Waals surface area contributed by atoms with Crippen molar-refractivity contribution < 1.29 is 24.2 Å². The molecule has 0 aromatic rings. The molecular weight excluding hydrogens is 256 g/mol. The van der Waals surface area contributed by atoms with E-state index in [9.17, 15) is 9.59 Å². The fraction of sp³-hybridized carbons (Fsp3) is 0.750. The predicted octanol–water partition coefficient (Wildman–Crippen LogP) is 1.25. The molecule has 1 heterocycles. The second kappa shape index (κ2) is 4.27. The van der Waals surface area contributed by atoms with Gasteiger partial charge < -0.3 is 14.6 Å². The first kappa shape index (κ1) is 11.5. The molecule has 1 aliphatic heterocycles. The fourth-order valence-corrected chi connectivity index (χ4v) is 1.95. The number of carboxylic acids is 1. The minimum absolute atomic E-state index is 0.185. The summed E-state index contributed by atoms with van der Waals surface area (Å²) in [6.45, 7) is 1.16. The first-order valence-electron chi connectivity index (χ1n) is 4.21. The van der Waals surface area contributed by atoms with Gasteiger partial charge >= 0.3 is 17.7 Å². The summed E-state index contributed by atoms with van der Waals surface area (Å²) in [7, 11) is 0. The summed E-state index contributed by atoms with van der Waals surface area (Å²) >= 11 is 3.15. The predicted molar refractivity (Wildman–Crippen MR) is 49.8 cm³/mol. The number of hydrogen-bond acceptors (Lipinski definition) is 4. The first-order chi connectivity index (χ1) is 6.46. The van der Waals surface area contributed by atoms with Gasteiger partial charge in [-0.15, -0.1) is 0 Å². The molecule has 2 unspecified atom stereocenters. The lowest BCUT2D eigenvalue weighted by Gasteiger charge is -2.34. The zero-order valence-corrected chi connectivity index (χ0v) is 9.24. The van der Waals surface area contributed by atoms with Crippen LogP contribution in [0.1, 0.15) is 26.2 Å². The summed E-state index contributed by atoms with van der Waals surface area (Å²) in [5.74, 6) is -3.73. The third-order valence-corrected chi connectivity index (χ3v) is 2.53. The number of hydrogen-bond donors (Lipinski definition) is 1. The molecule has 0 bridgehead atoms. The van der Waals surface area contributed by atoms with Gasteiger partial charge in [0, 0.05) is 13.3 Å². The summed E-state index contributed by atoms with van der Waals surface area (Å²) in [6.07, 6.45) is 1.52. The van der Waals surface area contributed by atoms with Gasteiger partial charge in [0.2, 0.25) is 0 Å². The lowest BCUT2D eigenvalue weighted by molar-refractivity contribution is -0.254. The smallest absolute Gasteiger partial charge is 0.377 e. The van der Waals surface area contributed by atoms with Crippen molar-refractivity contribution in [2.24, 2.45) is 0 Å². The van der Waals surface area contributed by atoms with Gasteiger partial charge in [-0.3, -0.25) is 4.79 Å². The molecule has 1 aliphatic rings. The van der Waals surface area contributed by atoms with Gasteiger partial charge in [0.25, 0.3) is 0 Å². The Morgan fingerprint density at radius 3 is 2.71 bits per heavy atom. The number of ether oxygens (including phenoxy) is 2. The van der Waals surface area contributed by atoms with Crippen molar-refractivity contribution in [2.75, 3.05) is 0 Å². The first-order valence-corrected chi connectivity index (χ1v) is 5.13. The molecule has 1 fully saturated rings. The van der Waals surface area contributed by atoms with E-state index in [1.165, 1.54) is 0 Å². The maximum absolute atomic E-state index is 10.9. The standard InChI is InChI=1S/C8H11BrO5/c1-5(10)13-8(7(11)12)4-2-3-6(9)14-8/h6H,2-4H2,1H3,(H,11,12). The van der Waals surface area contributed by atoms with Crippen molar-refractivity contribution in [2.45, 2.75) is 37.0 Å². The monoisotopic (exact) mass is 266 g/mol. The summed E-state index contributed by atoms with van der Waals surface area (Å²) < 4.78 is 9.84. The lowest BCUT2D eigenvalue weighted by Crippen LogP contribution is -2.49. The molecule has 0 aromatic heterocycles. The van der Waals surface area contributed by atoms with Crippen molar-refractivity contribution in [3.63, 3.8) is 0 Å². The molecule has 1 N–H and O–H groups in total. The van der Waals surface area contributed by atoms with E-state index >= 15 is 0 Å². The van der Waals surface area contributed by atoms with Crippen LogP contribution in [0.2, 0.25) is 0 Å². The van der Waals surface area contributed by atoms with E-state index in [-0.39, 0.29) is 11.4 Å². The second-order valence-corrected chi connectivity index (χ2v) is 4.09. The number of rotatable bonds is 2.